The van der Waals surface area contributed by atoms with Gasteiger partial charge in [-0.25, -0.2) is 0 Å². The number of nitrogens with zero attached hydrogens (tertiary/aromatic N) is 1. The molecule has 0 radical (unpaired) electrons. The van der Waals surface area contributed by atoms with Gasteiger partial charge in [-0.05, 0) is 67.5 Å². The molecule has 0 spiro atoms. The van der Waals surface area contributed by atoms with Crippen molar-refractivity contribution < 1.29 is 14.3 Å². The average Bonchev–Trinajstić information content (AvgIpc) is 2.61. The lowest BCUT2D eigenvalue weighted by molar-refractivity contribution is -0.118. The summed E-state index contributed by atoms with van der Waals surface area (Å²) in [6, 6.07) is 12.8. The van der Waals surface area contributed by atoms with Gasteiger partial charge in [0.15, 0.2) is 23.2 Å². The molecule has 4 N–H and O–H groups in total. The van der Waals surface area contributed by atoms with Crippen LogP contribution < -0.4 is 25.9 Å². The molecule has 1 amide bonds. The van der Waals surface area contributed by atoms with Crippen LogP contribution in [0.1, 0.15) is 18.1 Å². The van der Waals surface area contributed by atoms with Crippen molar-refractivity contribution in [2.45, 2.75) is 13.8 Å². The molecule has 0 atom stereocenters. The minimum absolute atomic E-state index is 0.0795. The summed E-state index contributed by atoms with van der Waals surface area (Å²) in [5, 5.41) is 6.77. The minimum atomic E-state index is -0.255. The van der Waals surface area contributed by atoms with E-state index in [4.69, 9.17) is 15.2 Å². The number of ether oxygens (including phenoxy) is 2. The lowest BCUT2D eigenvalue weighted by Gasteiger charge is -2.13. The van der Waals surface area contributed by atoms with Crippen LogP contribution in [0.5, 0.6) is 11.5 Å². The van der Waals surface area contributed by atoms with Gasteiger partial charge < -0.3 is 20.5 Å². The monoisotopic (exact) mass is 386 g/mol. The summed E-state index contributed by atoms with van der Waals surface area (Å²) in [7, 11) is 0. The molecule has 8 heteroatoms. The van der Waals surface area contributed by atoms with Crippen LogP contribution in [0.3, 0.4) is 0 Å². The van der Waals surface area contributed by atoms with E-state index in [2.05, 4.69) is 28.1 Å². The van der Waals surface area contributed by atoms with Crippen molar-refractivity contribution >= 4 is 35.1 Å². The zero-order valence-electron chi connectivity index (χ0n) is 15.2. The first kappa shape index (κ1) is 20.2. The van der Waals surface area contributed by atoms with Crippen molar-refractivity contribution in [2.75, 3.05) is 18.5 Å². The van der Waals surface area contributed by atoms with Crippen LogP contribution in [0.2, 0.25) is 0 Å². The maximum absolute atomic E-state index is 12.1. The Morgan fingerprint density at radius 1 is 1.22 bits per heavy atom. The van der Waals surface area contributed by atoms with Gasteiger partial charge >= 0.3 is 0 Å². The van der Waals surface area contributed by atoms with E-state index in [9.17, 15) is 4.79 Å². The molecule has 27 heavy (non-hydrogen) atoms. The maximum Gasteiger partial charge on any atom is 0.262 e. The van der Waals surface area contributed by atoms with E-state index in [0.717, 1.165) is 16.8 Å². The number of benzene rings is 2. The lowest BCUT2D eigenvalue weighted by Crippen LogP contribution is -2.24. The molecule has 0 heterocycles. The van der Waals surface area contributed by atoms with Crippen LogP contribution in [-0.4, -0.2) is 30.4 Å². The molecule has 142 valence electrons. The Morgan fingerprint density at radius 2 is 2.04 bits per heavy atom. The van der Waals surface area contributed by atoms with Gasteiger partial charge in [-0.3, -0.25) is 10.2 Å². The SMILES string of the molecule is CCOc1cc(C=NNC(N)=S)ccc1OCC(=O)Nc1cccc(C)c1. The van der Waals surface area contributed by atoms with Crippen molar-refractivity contribution in [1.29, 1.82) is 0 Å². The number of thiocarbonyl (C=S) groups is 1. The molecule has 0 aliphatic carbocycles. The summed E-state index contributed by atoms with van der Waals surface area (Å²) in [6.07, 6.45) is 1.55. The van der Waals surface area contributed by atoms with Crippen LogP contribution in [-0.2, 0) is 4.79 Å². The van der Waals surface area contributed by atoms with Gasteiger partial charge in [0, 0.05) is 5.69 Å². The minimum Gasteiger partial charge on any atom is -0.490 e. The number of carbonyl (C=O) groups is 1. The quantitative estimate of drug-likeness (QED) is 0.366. The van der Waals surface area contributed by atoms with E-state index < -0.39 is 0 Å². The van der Waals surface area contributed by atoms with E-state index in [1.807, 2.05) is 38.1 Å². The number of amides is 1. The van der Waals surface area contributed by atoms with E-state index in [0.29, 0.717) is 18.1 Å². The first-order chi connectivity index (χ1) is 13.0. The highest BCUT2D eigenvalue weighted by molar-refractivity contribution is 7.80. The fourth-order valence-electron chi connectivity index (χ4n) is 2.23. The summed E-state index contributed by atoms with van der Waals surface area (Å²) in [4.78, 5) is 12.1. The number of nitrogens with two attached hydrogens (primary N) is 1. The van der Waals surface area contributed by atoms with Crippen molar-refractivity contribution in [2.24, 2.45) is 10.8 Å². The first-order valence-corrected chi connectivity index (χ1v) is 8.73. The number of hydrazone groups is 1. The van der Waals surface area contributed by atoms with Gasteiger partial charge in [0.05, 0.1) is 12.8 Å². The number of hydrogen-bond acceptors (Lipinski definition) is 5. The first-order valence-electron chi connectivity index (χ1n) is 8.32. The Hall–Kier alpha value is -3.13. The van der Waals surface area contributed by atoms with Crippen molar-refractivity contribution in [3.63, 3.8) is 0 Å². The lowest BCUT2D eigenvalue weighted by atomic mass is 10.2. The maximum atomic E-state index is 12.1. The standard InChI is InChI=1S/C19H22N4O3S/c1-3-25-17-10-14(11-21-23-19(20)27)7-8-16(17)26-12-18(24)22-15-6-4-5-13(2)9-15/h4-11H,3,12H2,1-2H3,(H,22,24)(H3,20,23,27). The zero-order chi connectivity index (χ0) is 19.6. The fraction of sp³-hybridized carbons (Fsp3) is 0.211. The molecular formula is C19H22N4O3S. The molecule has 7 nitrogen and oxygen atoms in total. The topological polar surface area (TPSA) is 98.0 Å². The summed E-state index contributed by atoms with van der Waals surface area (Å²) in [5.74, 6) is 0.727. The Bertz CT molecular complexity index is 839. The Morgan fingerprint density at radius 3 is 2.74 bits per heavy atom. The van der Waals surface area contributed by atoms with Crippen molar-refractivity contribution in [3.8, 4) is 11.5 Å². The van der Waals surface area contributed by atoms with Gasteiger partial charge in [0.2, 0.25) is 0 Å². The van der Waals surface area contributed by atoms with Gasteiger partial charge in [0.1, 0.15) is 0 Å². The van der Waals surface area contributed by atoms with E-state index >= 15 is 0 Å². The second-order valence-corrected chi connectivity index (χ2v) is 6.02. The predicted molar refractivity (Wildman–Crippen MR) is 110 cm³/mol. The van der Waals surface area contributed by atoms with Gasteiger partial charge in [-0.15, -0.1) is 0 Å². The number of hydrogen-bond donors (Lipinski definition) is 3. The van der Waals surface area contributed by atoms with Crippen molar-refractivity contribution in [1.82, 2.24) is 5.43 Å². The number of carbonyl (C=O) groups excluding carboxylic acids is 1. The fourth-order valence-corrected chi connectivity index (χ4v) is 2.28. The third-order valence-corrected chi connectivity index (χ3v) is 3.41. The number of aryl methyl sites for hydroxylation is 1. The summed E-state index contributed by atoms with van der Waals surface area (Å²) in [5.41, 5.74) is 10.3. The number of rotatable bonds is 8. The molecule has 0 unspecified atom stereocenters. The normalized spacial score (nSPS) is 10.4. The van der Waals surface area contributed by atoms with Gasteiger partial charge in [-0.2, -0.15) is 5.10 Å². The molecule has 0 aliphatic rings. The molecule has 0 aliphatic heterocycles. The average molecular weight is 386 g/mol. The number of nitrogens with one attached hydrogen (secondary N) is 2. The van der Waals surface area contributed by atoms with Crippen LogP contribution in [0.4, 0.5) is 5.69 Å². The highest BCUT2D eigenvalue weighted by Crippen LogP contribution is 2.28. The van der Waals surface area contributed by atoms with Crippen LogP contribution >= 0.6 is 12.2 Å². The molecule has 0 aromatic heterocycles. The Balaban J connectivity index is 2.00. The molecule has 0 fully saturated rings. The summed E-state index contributed by atoms with van der Waals surface area (Å²) < 4.78 is 11.2. The van der Waals surface area contributed by atoms with E-state index in [1.54, 1.807) is 24.4 Å². The molecule has 0 saturated carbocycles. The van der Waals surface area contributed by atoms with Crippen molar-refractivity contribution in [3.05, 3.63) is 53.6 Å². The third-order valence-electron chi connectivity index (χ3n) is 3.32. The smallest absolute Gasteiger partial charge is 0.262 e. The van der Waals surface area contributed by atoms with E-state index in [-0.39, 0.29) is 17.6 Å². The van der Waals surface area contributed by atoms with Gasteiger partial charge in [-0.1, -0.05) is 12.1 Å². The Kier molecular flexibility index (Phi) is 7.57. The molecule has 0 bridgehead atoms. The third kappa shape index (κ3) is 6.95. The molecule has 2 aromatic rings. The largest absolute Gasteiger partial charge is 0.490 e. The predicted octanol–water partition coefficient (Wildman–Crippen LogP) is 2.58. The second kappa shape index (κ2) is 10.1. The molecule has 2 rings (SSSR count). The molecular weight excluding hydrogens is 364 g/mol. The van der Waals surface area contributed by atoms with Crippen LogP contribution in [0.15, 0.2) is 47.6 Å². The number of anilines is 1. The van der Waals surface area contributed by atoms with Crippen LogP contribution in [0.25, 0.3) is 0 Å². The second-order valence-electron chi connectivity index (χ2n) is 5.58. The molecule has 2 aromatic carbocycles. The van der Waals surface area contributed by atoms with Gasteiger partial charge in [0.25, 0.3) is 5.91 Å². The summed E-state index contributed by atoms with van der Waals surface area (Å²) in [6.45, 7) is 4.15. The Labute approximate surface area is 163 Å². The highest BCUT2D eigenvalue weighted by Gasteiger charge is 2.09. The zero-order valence-corrected chi connectivity index (χ0v) is 16.0. The molecule has 0 saturated heterocycles. The van der Waals surface area contributed by atoms with Crippen LogP contribution in [0, 0.1) is 6.92 Å². The van der Waals surface area contributed by atoms with E-state index in [1.165, 1.54) is 0 Å². The summed E-state index contributed by atoms with van der Waals surface area (Å²) >= 11 is 4.68. The highest BCUT2D eigenvalue weighted by atomic mass is 32.1.